The predicted octanol–water partition coefficient (Wildman–Crippen LogP) is 3.68. The van der Waals surface area contributed by atoms with E-state index in [4.69, 9.17) is 4.42 Å². The smallest absolute Gasteiger partial charge is 0.259 e. The Bertz CT molecular complexity index is 1180. The Kier molecular flexibility index (Phi) is 4.96. The zero-order valence-electron chi connectivity index (χ0n) is 16.9. The maximum Gasteiger partial charge on any atom is 0.259 e. The number of ketones is 2. The van der Waals surface area contributed by atoms with Gasteiger partial charge < -0.3 is 13.9 Å². The molecule has 1 aromatic carbocycles. The topological polar surface area (TPSA) is 72.5 Å². The van der Waals surface area contributed by atoms with Crippen LogP contribution in [-0.2, 0) is 6.54 Å². The quantitative estimate of drug-likeness (QED) is 0.473. The number of benzene rings is 1. The van der Waals surface area contributed by atoms with Crippen molar-refractivity contribution in [2.24, 2.45) is 0 Å². The van der Waals surface area contributed by atoms with Gasteiger partial charge in [0.2, 0.25) is 11.6 Å². The van der Waals surface area contributed by atoms with Crippen molar-refractivity contribution in [3.8, 4) is 11.5 Å². The van der Waals surface area contributed by atoms with Crippen LogP contribution >= 0.6 is 0 Å². The molecule has 29 heavy (non-hydrogen) atoms. The van der Waals surface area contributed by atoms with Crippen molar-refractivity contribution in [1.29, 1.82) is 0 Å². The summed E-state index contributed by atoms with van der Waals surface area (Å²) >= 11 is 0. The fraction of sp³-hybridized carbons (Fsp3) is 0.348. The number of carbonyl (C=O) groups excluding carboxylic acids is 2. The third kappa shape index (κ3) is 3.23. The lowest BCUT2D eigenvalue weighted by molar-refractivity contribution is 0.0815. The first-order valence-corrected chi connectivity index (χ1v) is 9.90. The minimum Gasteiger partial charge on any atom is -0.459 e. The second-order valence-corrected chi connectivity index (χ2v) is 7.85. The number of aromatic nitrogens is 1. The second kappa shape index (κ2) is 7.44. The molecule has 2 heterocycles. The number of hydrogen-bond acceptors (Lipinski definition) is 5. The molecule has 0 saturated carbocycles. The average molecular weight is 392 g/mol. The molecule has 3 aromatic rings. The standard InChI is InChI=1S/C23H24N2O4/c1-14-13-17-20(26)21(27)18-15-9-5-6-10-16(15)23(28)25(19(18)22(17)29-14)12-8-4-7-11-24(2)3/h5-6,9-10,13H,4,7-8,11-12H2,1-3H3. The van der Waals surface area contributed by atoms with Crippen LogP contribution in [0.3, 0.4) is 0 Å². The highest BCUT2D eigenvalue weighted by molar-refractivity contribution is 6.54. The third-order valence-corrected chi connectivity index (χ3v) is 5.41. The van der Waals surface area contributed by atoms with Gasteiger partial charge in [0.05, 0.1) is 16.8 Å². The van der Waals surface area contributed by atoms with E-state index in [1.807, 2.05) is 14.1 Å². The SMILES string of the molecule is Cc1cc2c(o1)-c1c(c3ccccc3c(=O)n1CCCCCN(C)C)C(=O)C2=O. The van der Waals surface area contributed by atoms with E-state index >= 15 is 0 Å². The molecule has 6 heteroatoms. The molecule has 1 aliphatic carbocycles. The van der Waals surface area contributed by atoms with Crippen molar-refractivity contribution >= 4 is 22.3 Å². The summed E-state index contributed by atoms with van der Waals surface area (Å²) in [4.78, 5) is 41.1. The molecule has 0 N–H and O–H groups in total. The highest BCUT2D eigenvalue weighted by Crippen LogP contribution is 2.38. The molecular weight excluding hydrogens is 368 g/mol. The zero-order valence-corrected chi connectivity index (χ0v) is 16.9. The lowest BCUT2D eigenvalue weighted by Gasteiger charge is -2.21. The number of pyridine rings is 1. The first-order chi connectivity index (χ1) is 13.9. The monoisotopic (exact) mass is 392 g/mol. The molecule has 0 amide bonds. The Labute approximate surface area is 168 Å². The number of nitrogens with zero attached hydrogens (tertiary/aromatic N) is 2. The highest BCUT2D eigenvalue weighted by atomic mass is 16.3. The normalized spacial score (nSPS) is 13.2. The fourth-order valence-corrected chi connectivity index (χ4v) is 4.05. The van der Waals surface area contributed by atoms with E-state index in [0.29, 0.717) is 34.5 Å². The number of Topliss-reactive ketones (excluding diaryl/α,β-unsaturated/α-hetero) is 2. The number of unbranched alkanes of at least 4 members (excludes halogenated alkanes) is 2. The van der Waals surface area contributed by atoms with Crippen LogP contribution < -0.4 is 5.56 Å². The molecule has 0 atom stereocenters. The van der Waals surface area contributed by atoms with Gasteiger partial charge in [0.25, 0.3) is 5.56 Å². The summed E-state index contributed by atoms with van der Waals surface area (Å²) in [5.74, 6) is -0.281. The minimum absolute atomic E-state index is 0.158. The van der Waals surface area contributed by atoms with Crippen molar-refractivity contribution in [3.63, 3.8) is 0 Å². The van der Waals surface area contributed by atoms with Crippen molar-refractivity contribution in [2.45, 2.75) is 32.7 Å². The Morgan fingerprint density at radius 1 is 0.966 bits per heavy atom. The van der Waals surface area contributed by atoms with Gasteiger partial charge in [-0.05, 0) is 52.5 Å². The van der Waals surface area contributed by atoms with Gasteiger partial charge in [-0.25, -0.2) is 0 Å². The average Bonchev–Trinajstić information content (AvgIpc) is 3.08. The number of carbonyl (C=O) groups is 2. The molecule has 1 aliphatic rings. The van der Waals surface area contributed by atoms with Crippen LogP contribution in [0, 0.1) is 6.92 Å². The maximum atomic E-state index is 13.3. The van der Waals surface area contributed by atoms with Crippen LogP contribution in [0.15, 0.2) is 39.5 Å². The van der Waals surface area contributed by atoms with Crippen LogP contribution in [0.5, 0.6) is 0 Å². The van der Waals surface area contributed by atoms with Crippen molar-refractivity contribution < 1.29 is 14.0 Å². The summed E-state index contributed by atoms with van der Waals surface area (Å²) in [6.07, 6.45) is 2.79. The number of fused-ring (bicyclic) bond motifs is 5. The molecule has 0 spiro atoms. The van der Waals surface area contributed by atoms with E-state index in [2.05, 4.69) is 4.90 Å². The van der Waals surface area contributed by atoms with E-state index in [-0.39, 0.29) is 16.7 Å². The van der Waals surface area contributed by atoms with E-state index in [1.165, 1.54) is 0 Å². The molecule has 4 rings (SSSR count). The van der Waals surface area contributed by atoms with E-state index in [1.54, 1.807) is 41.8 Å². The van der Waals surface area contributed by atoms with Crippen LogP contribution in [-0.4, -0.2) is 41.7 Å². The zero-order chi connectivity index (χ0) is 20.7. The van der Waals surface area contributed by atoms with Crippen molar-refractivity contribution in [2.75, 3.05) is 20.6 Å². The fourth-order valence-electron chi connectivity index (χ4n) is 4.05. The molecule has 0 saturated heterocycles. The number of rotatable bonds is 6. The summed E-state index contributed by atoms with van der Waals surface area (Å²) in [5.41, 5.74) is 0.805. The first kappa shape index (κ1) is 19.3. The van der Waals surface area contributed by atoms with Crippen LogP contribution in [0.1, 0.15) is 45.7 Å². The van der Waals surface area contributed by atoms with E-state index < -0.39 is 11.6 Å². The van der Waals surface area contributed by atoms with Gasteiger partial charge in [0.15, 0.2) is 5.76 Å². The molecular formula is C23H24N2O4. The molecule has 2 aromatic heterocycles. The van der Waals surface area contributed by atoms with Gasteiger partial charge in [-0.15, -0.1) is 0 Å². The molecule has 0 radical (unpaired) electrons. The van der Waals surface area contributed by atoms with E-state index in [9.17, 15) is 14.4 Å². The van der Waals surface area contributed by atoms with Gasteiger partial charge in [-0.2, -0.15) is 0 Å². The summed E-state index contributed by atoms with van der Waals surface area (Å²) in [7, 11) is 4.07. The Morgan fingerprint density at radius 2 is 1.69 bits per heavy atom. The van der Waals surface area contributed by atoms with E-state index in [0.717, 1.165) is 25.8 Å². The van der Waals surface area contributed by atoms with Gasteiger partial charge >= 0.3 is 0 Å². The Hall–Kier alpha value is -2.99. The molecule has 0 bridgehead atoms. The van der Waals surface area contributed by atoms with Crippen LogP contribution in [0.2, 0.25) is 0 Å². The summed E-state index contributed by atoms with van der Waals surface area (Å²) < 4.78 is 7.44. The number of aryl methyl sites for hydroxylation is 1. The number of hydrogen-bond donors (Lipinski definition) is 0. The molecule has 150 valence electrons. The van der Waals surface area contributed by atoms with Gasteiger partial charge in [0.1, 0.15) is 5.76 Å². The first-order valence-electron chi connectivity index (χ1n) is 9.90. The lowest BCUT2D eigenvalue weighted by Crippen LogP contribution is -2.30. The van der Waals surface area contributed by atoms with Crippen LogP contribution in [0.25, 0.3) is 22.2 Å². The van der Waals surface area contributed by atoms with Crippen LogP contribution in [0.4, 0.5) is 0 Å². The number of furan rings is 1. The molecule has 6 nitrogen and oxygen atoms in total. The van der Waals surface area contributed by atoms with Crippen molar-refractivity contribution in [3.05, 3.63) is 57.6 Å². The highest BCUT2D eigenvalue weighted by Gasteiger charge is 2.37. The molecule has 0 aliphatic heterocycles. The Morgan fingerprint density at radius 3 is 2.41 bits per heavy atom. The lowest BCUT2D eigenvalue weighted by atomic mass is 9.88. The van der Waals surface area contributed by atoms with Gasteiger partial charge in [-0.1, -0.05) is 24.6 Å². The predicted molar refractivity (Wildman–Crippen MR) is 112 cm³/mol. The molecule has 0 unspecified atom stereocenters. The second-order valence-electron chi connectivity index (χ2n) is 7.85. The van der Waals surface area contributed by atoms with Gasteiger partial charge in [0, 0.05) is 17.3 Å². The summed E-state index contributed by atoms with van der Waals surface area (Å²) in [6.45, 7) is 3.19. The minimum atomic E-state index is -0.578. The molecule has 0 fully saturated rings. The maximum absolute atomic E-state index is 13.3. The van der Waals surface area contributed by atoms with Crippen molar-refractivity contribution in [1.82, 2.24) is 9.47 Å². The summed E-state index contributed by atoms with van der Waals surface area (Å²) in [6, 6.07) is 8.56. The largest absolute Gasteiger partial charge is 0.459 e. The third-order valence-electron chi connectivity index (χ3n) is 5.41. The van der Waals surface area contributed by atoms with Gasteiger partial charge in [-0.3, -0.25) is 14.4 Å². The summed E-state index contributed by atoms with van der Waals surface area (Å²) in [5, 5.41) is 0.960. The Balaban J connectivity index is 1.88.